The number of aryl methyl sites for hydroxylation is 1. The van der Waals surface area contributed by atoms with Crippen LogP contribution in [0, 0.1) is 23.1 Å². The third-order valence-corrected chi connectivity index (χ3v) is 5.41. The number of hydrogen-bond donors (Lipinski definition) is 0. The van der Waals surface area contributed by atoms with Crippen molar-refractivity contribution in [1.82, 2.24) is 9.13 Å². The first kappa shape index (κ1) is 24.1. The number of carbonyl (C=O) groups excluding carboxylic acids is 1. The lowest BCUT2D eigenvalue weighted by Gasteiger charge is -2.32. The van der Waals surface area contributed by atoms with Gasteiger partial charge in [0.15, 0.2) is 0 Å². The molecule has 0 N–H and O–H groups in total. The molecule has 0 saturated carbocycles. The minimum absolute atomic E-state index is 0.136. The largest absolute Gasteiger partial charge is 0.465 e. The van der Waals surface area contributed by atoms with E-state index >= 15 is 0 Å². The highest BCUT2D eigenvalue weighted by Crippen LogP contribution is 2.35. The summed E-state index contributed by atoms with van der Waals surface area (Å²) in [5.74, 6) is -0.430. The monoisotopic (exact) mass is 398 g/mol. The van der Waals surface area contributed by atoms with Crippen molar-refractivity contribution in [3.63, 3.8) is 0 Å². The molecule has 0 bridgehead atoms. The highest BCUT2D eigenvalue weighted by Gasteiger charge is 2.38. The van der Waals surface area contributed by atoms with E-state index in [0.717, 1.165) is 36.4 Å². The Morgan fingerprint density at radius 2 is 1.75 bits per heavy atom. The number of carbonyl (C=O) groups is 1. The molecule has 0 aromatic carbocycles. The number of rotatable bonds is 11. The van der Waals surface area contributed by atoms with Gasteiger partial charge in [0, 0.05) is 13.6 Å². The lowest BCUT2D eigenvalue weighted by atomic mass is 9.73. The van der Waals surface area contributed by atoms with Gasteiger partial charge in [0.25, 0.3) is 5.56 Å². The molecule has 0 aliphatic heterocycles. The van der Waals surface area contributed by atoms with Gasteiger partial charge in [-0.2, -0.15) is 4.39 Å². The molecular formula is C21H35FN2O4. The highest BCUT2D eigenvalue weighted by molar-refractivity contribution is 5.76. The summed E-state index contributed by atoms with van der Waals surface area (Å²) >= 11 is 0. The quantitative estimate of drug-likeness (QED) is 0.423. The number of ether oxygens (including phenoxy) is 1. The fourth-order valence-corrected chi connectivity index (χ4v) is 3.32. The van der Waals surface area contributed by atoms with Crippen molar-refractivity contribution in [1.29, 1.82) is 0 Å². The van der Waals surface area contributed by atoms with E-state index in [2.05, 4.69) is 13.8 Å². The second-order valence-electron chi connectivity index (χ2n) is 8.54. The average Bonchev–Trinajstić information content (AvgIpc) is 2.62. The predicted molar refractivity (Wildman–Crippen MR) is 108 cm³/mol. The molecule has 0 saturated heterocycles. The van der Waals surface area contributed by atoms with E-state index < -0.39 is 22.5 Å². The molecule has 0 amide bonds. The Morgan fingerprint density at radius 3 is 2.32 bits per heavy atom. The standard InChI is InChI=1S/C21H35FN2O4/c1-15(2)13-21(5,16(3)4)19(26)28-12-10-8-7-9-11-24-14-17(22)18(25)23(6)20(24)27/h14-16H,7-13H2,1-6H3. The third kappa shape index (κ3) is 6.31. The zero-order chi connectivity index (χ0) is 21.5. The van der Waals surface area contributed by atoms with Crippen LogP contribution in [0.4, 0.5) is 4.39 Å². The van der Waals surface area contributed by atoms with Gasteiger partial charge in [-0.1, -0.05) is 34.1 Å². The van der Waals surface area contributed by atoms with E-state index in [1.165, 1.54) is 11.6 Å². The molecule has 1 atom stereocenters. The Morgan fingerprint density at radius 1 is 1.14 bits per heavy atom. The summed E-state index contributed by atoms with van der Waals surface area (Å²) in [4.78, 5) is 35.8. The Hall–Kier alpha value is -1.92. The van der Waals surface area contributed by atoms with Crippen LogP contribution in [-0.4, -0.2) is 21.7 Å². The number of halogens is 1. The Kier molecular flexibility index (Phi) is 9.11. The summed E-state index contributed by atoms with van der Waals surface area (Å²) in [6, 6.07) is 0. The van der Waals surface area contributed by atoms with Crippen LogP contribution >= 0.6 is 0 Å². The topological polar surface area (TPSA) is 70.3 Å². The van der Waals surface area contributed by atoms with Gasteiger partial charge in [-0.15, -0.1) is 0 Å². The number of hydrogen-bond acceptors (Lipinski definition) is 4. The molecule has 1 heterocycles. The second kappa shape index (κ2) is 10.6. The first-order valence-electron chi connectivity index (χ1n) is 10.1. The summed E-state index contributed by atoms with van der Waals surface area (Å²) in [7, 11) is 1.27. The van der Waals surface area contributed by atoms with Crippen molar-refractivity contribution >= 4 is 5.97 Å². The third-order valence-electron chi connectivity index (χ3n) is 5.41. The fourth-order valence-electron chi connectivity index (χ4n) is 3.32. The number of nitrogens with zero attached hydrogens (tertiary/aromatic N) is 2. The minimum Gasteiger partial charge on any atom is -0.465 e. The summed E-state index contributed by atoms with van der Waals surface area (Å²) in [6.07, 6.45) is 4.86. The Labute approximate surface area is 166 Å². The maximum absolute atomic E-state index is 13.5. The van der Waals surface area contributed by atoms with Crippen LogP contribution in [0.2, 0.25) is 0 Å². The zero-order valence-corrected chi connectivity index (χ0v) is 18.1. The molecule has 1 rings (SSSR count). The van der Waals surface area contributed by atoms with Crippen LogP contribution in [0.25, 0.3) is 0 Å². The smallest absolute Gasteiger partial charge is 0.330 e. The number of unbranched alkanes of at least 4 members (excludes halogenated alkanes) is 3. The first-order valence-corrected chi connectivity index (χ1v) is 10.1. The second-order valence-corrected chi connectivity index (χ2v) is 8.54. The molecule has 0 spiro atoms. The van der Waals surface area contributed by atoms with Crippen LogP contribution in [0.3, 0.4) is 0 Å². The fraction of sp³-hybridized carbons (Fsp3) is 0.762. The van der Waals surface area contributed by atoms with Gasteiger partial charge < -0.3 is 4.74 Å². The molecule has 1 aromatic rings. The van der Waals surface area contributed by atoms with Gasteiger partial charge in [-0.05, 0) is 44.4 Å². The van der Waals surface area contributed by atoms with E-state index in [0.29, 0.717) is 25.5 Å². The molecule has 1 unspecified atom stereocenters. The maximum atomic E-state index is 13.5. The Bertz CT molecular complexity index is 767. The first-order chi connectivity index (χ1) is 13.0. The summed E-state index contributed by atoms with van der Waals surface area (Å²) < 4.78 is 21.0. The summed E-state index contributed by atoms with van der Waals surface area (Å²) in [6.45, 7) is 11.0. The Balaban J connectivity index is 2.38. The molecular weight excluding hydrogens is 363 g/mol. The van der Waals surface area contributed by atoms with Crippen molar-refractivity contribution in [3.8, 4) is 0 Å². The normalized spacial score (nSPS) is 13.8. The van der Waals surface area contributed by atoms with Gasteiger partial charge in [-0.3, -0.25) is 18.7 Å². The molecule has 0 fully saturated rings. The van der Waals surface area contributed by atoms with Gasteiger partial charge in [0.05, 0.1) is 18.2 Å². The molecule has 28 heavy (non-hydrogen) atoms. The van der Waals surface area contributed by atoms with Crippen molar-refractivity contribution in [2.24, 2.45) is 24.3 Å². The lowest BCUT2D eigenvalue weighted by molar-refractivity contribution is -0.159. The van der Waals surface area contributed by atoms with Crippen LogP contribution in [-0.2, 0) is 23.1 Å². The van der Waals surface area contributed by atoms with Gasteiger partial charge in [-0.25, -0.2) is 4.79 Å². The molecule has 0 aliphatic carbocycles. The van der Waals surface area contributed by atoms with Crippen LogP contribution < -0.4 is 11.2 Å². The molecule has 0 radical (unpaired) electrons. The van der Waals surface area contributed by atoms with Gasteiger partial charge in [0.1, 0.15) is 0 Å². The van der Waals surface area contributed by atoms with Crippen molar-refractivity contribution in [2.75, 3.05) is 6.61 Å². The molecule has 0 aliphatic rings. The summed E-state index contributed by atoms with van der Waals surface area (Å²) in [5, 5.41) is 0. The highest BCUT2D eigenvalue weighted by atomic mass is 19.1. The van der Waals surface area contributed by atoms with E-state index in [9.17, 15) is 18.8 Å². The van der Waals surface area contributed by atoms with Gasteiger partial charge >= 0.3 is 11.7 Å². The van der Waals surface area contributed by atoms with Crippen molar-refractivity contribution in [3.05, 3.63) is 32.9 Å². The number of aromatic nitrogens is 2. The van der Waals surface area contributed by atoms with Gasteiger partial charge in [0.2, 0.25) is 5.82 Å². The molecule has 1 aromatic heterocycles. The van der Waals surface area contributed by atoms with E-state index in [4.69, 9.17) is 4.74 Å². The van der Waals surface area contributed by atoms with Crippen molar-refractivity contribution in [2.45, 2.75) is 73.3 Å². The van der Waals surface area contributed by atoms with Crippen LogP contribution in [0.1, 0.15) is 66.7 Å². The van der Waals surface area contributed by atoms with Crippen LogP contribution in [0.5, 0.6) is 0 Å². The van der Waals surface area contributed by atoms with E-state index in [1.807, 2.05) is 20.8 Å². The minimum atomic E-state index is -0.927. The van der Waals surface area contributed by atoms with E-state index in [-0.39, 0.29) is 11.9 Å². The van der Waals surface area contributed by atoms with E-state index in [1.54, 1.807) is 0 Å². The van der Waals surface area contributed by atoms with Crippen LogP contribution in [0.15, 0.2) is 15.8 Å². The molecule has 7 heteroatoms. The predicted octanol–water partition coefficient (Wildman–Crippen LogP) is 3.50. The molecule has 160 valence electrons. The lowest BCUT2D eigenvalue weighted by Crippen LogP contribution is -2.39. The van der Waals surface area contributed by atoms with Crippen molar-refractivity contribution < 1.29 is 13.9 Å². The summed E-state index contributed by atoms with van der Waals surface area (Å²) in [5.41, 5.74) is -1.89. The zero-order valence-electron chi connectivity index (χ0n) is 18.1. The SMILES string of the molecule is CC(C)CC(C)(C(=O)OCCCCCCn1cc(F)c(=O)n(C)c1=O)C(C)C. The average molecular weight is 399 g/mol. The molecule has 6 nitrogen and oxygen atoms in total. The maximum Gasteiger partial charge on any atom is 0.330 e. The number of esters is 1.